The number of hydrogen-bond donors (Lipinski definition) is 2. The van der Waals surface area contributed by atoms with Crippen LogP contribution in [0.2, 0.25) is 0 Å². The summed E-state index contributed by atoms with van der Waals surface area (Å²) >= 11 is 0. The first-order valence-corrected chi connectivity index (χ1v) is 5.49. The van der Waals surface area contributed by atoms with E-state index in [1.807, 2.05) is 32.0 Å². The standard InChI is InChI=1S/C13H16N2O/c1-13(2)11(7-12(13)16)15-10-5-3-4-9(6-10)8-14/h3-6,11-12,15-16H,7H2,1-2H3. The fraction of sp³-hybridized carbons (Fsp3) is 0.462. The van der Waals surface area contributed by atoms with E-state index in [1.54, 1.807) is 6.07 Å². The van der Waals surface area contributed by atoms with Gasteiger partial charge in [-0.3, -0.25) is 0 Å². The molecule has 1 aromatic carbocycles. The lowest BCUT2D eigenvalue weighted by Gasteiger charge is -2.49. The molecule has 1 saturated carbocycles. The van der Waals surface area contributed by atoms with Crippen molar-refractivity contribution >= 4 is 5.69 Å². The zero-order valence-corrected chi connectivity index (χ0v) is 9.57. The Balaban J connectivity index is 2.08. The van der Waals surface area contributed by atoms with Crippen LogP contribution in [0.4, 0.5) is 5.69 Å². The first-order chi connectivity index (χ1) is 7.54. The lowest BCUT2D eigenvalue weighted by atomic mass is 9.64. The molecule has 16 heavy (non-hydrogen) atoms. The van der Waals surface area contributed by atoms with Gasteiger partial charge in [0.1, 0.15) is 0 Å². The van der Waals surface area contributed by atoms with Gasteiger partial charge in [-0.05, 0) is 24.6 Å². The first-order valence-electron chi connectivity index (χ1n) is 5.49. The maximum Gasteiger partial charge on any atom is 0.0992 e. The second kappa shape index (κ2) is 3.80. The summed E-state index contributed by atoms with van der Waals surface area (Å²) in [6.07, 6.45) is 0.535. The summed E-state index contributed by atoms with van der Waals surface area (Å²) < 4.78 is 0. The highest BCUT2D eigenvalue weighted by Crippen LogP contribution is 2.42. The number of nitrogens with zero attached hydrogens (tertiary/aromatic N) is 1. The summed E-state index contributed by atoms with van der Waals surface area (Å²) in [5, 5.41) is 21.8. The molecule has 2 rings (SSSR count). The Morgan fingerprint density at radius 3 is 2.81 bits per heavy atom. The van der Waals surface area contributed by atoms with Crippen LogP contribution in [0.15, 0.2) is 24.3 Å². The second-order valence-electron chi connectivity index (χ2n) is 4.96. The van der Waals surface area contributed by atoms with Gasteiger partial charge >= 0.3 is 0 Å². The zero-order chi connectivity index (χ0) is 11.8. The molecule has 2 atom stereocenters. The molecule has 2 N–H and O–H groups in total. The minimum absolute atomic E-state index is 0.0946. The summed E-state index contributed by atoms with van der Waals surface area (Å²) in [6, 6.07) is 9.82. The van der Waals surface area contributed by atoms with E-state index < -0.39 is 0 Å². The molecule has 1 aliphatic carbocycles. The molecule has 1 aromatic rings. The molecule has 1 fully saturated rings. The molecule has 0 heterocycles. The average Bonchev–Trinajstić information content (AvgIpc) is 2.29. The van der Waals surface area contributed by atoms with Crippen molar-refractivity contribution in [2.75, 3.05) is 5.32 Å². The maximum atomic E-state index is 9.63. The first kappa shape index (κ1) is 11.0. The van der Waals surface area contributed by atoms with Crippen molar-refractivity contribution in [1.29, 1.82) is 5.26 Å². The van der Waals surface area contributed by atoms with E-state index in [2.05, 4.69) is 11.4 Å². The molecule has 1 aliphatic rings. The van der Waals surface area contributed by atoms with Gasteiger partial charge < -0.3 is 10.4 Å². The molecular weight excluding hydrogens is 200 g/mol. The molecule has 3 nitrogen and oxygen atoms in total. The van der Waals surface area contributed by atoms with Crippen LogP contribution < -0.4 is 5.32 Å². The van der Waals surface area contributed by atoms with E-state index >= 15 is 0 Å². The number of rotatable bonds is 2. The monoisotopic (exact) mass is 216 g/mol. The third kappa shape index (κ3) is 1.77. The highest BCUT2D eigenvalue weighted by Gasteiger charge is 2.47. The summed E-state index contributed by atoms with van der Waals surface area (Å²) in [4.78, 5) is 0. The normalized spacial score (nSPS) is 26.6. The van der Waals surface area contributed by atoms with Crippen molar-refractivity contribution in [3.05, 3.63) is 29.8 Å². The van der Waals surface area contributed by atoms with Crippen LogP contribution in [-0.2, 0) is 0 Å². The third-order valence-corrected chi connectivity index (χ3v) is 3.55. The SMILES string of the molecule is CC1(C)C(O)CC1Nc1cccc(C#N)c1. The van der Waals surface area contributed by atoms with E-state index in [-0.39, 0.29) is 17.6 Å². The number of hydrogen-bond acceptors (Lipinski definition) is 3. The van der Waals surface area contributed by atoms with Gasteiger partial charge in [-0.25, -0.2) is 0 Å². The smallest absolute Gasteiger partial charge is 0.0992 e. The van der Waals surface area contributed by atoms with Crippen LogP contribution >= 0.6 is 0 Å². The Kier molecular flexibility index (Phi) is 2.61. The van der Waals surface area contributed by atoms with Gasteiger partial charge in [0.05, 0.1) is 17.7 Å². The van der Waals surface area contributed by atoms with Crippen molar-refractivity contribution in [2.24, 2.45) is 5.41 Å². The predicted octanol–water partition coefficient (Wildman–Crippen LogP) is 2.13. The Morgan fingerprint density at radius 2 is 2.25 bits per heavy atom. The Hall–Kier alpha value is -1.53. The maximum absolute atomic E-state index is 9.63. The van der Waals surface area contributed by atoms with Gasteiger partial charge in [-0.2, -0.15) is 5.26 Å². The van der Waals surface area contributed by atoms with E-state index in [9.17, 15) is 5.11 Å². The fourth-order valence-corrected chi connectivity index (χ4v) is 2.03. The quantitative estimate of drug-likeness (QED) is 0.796. The van der Waals surface area contributed by atoms with Gasteiger partial charge in [0.25, 0.3) is 0 Å². The second-order valence-corrected chi connectivity index (χ2v) is 4.96. The average molecular weight is 216 g/mol. The molecule has 0 spiro atoms. The molecular formula is C13H16N2O. The van der Waals surface area contributed by atoms with Crippen molar-refractivity contribution < 1.29 is 5.11 Å². The molecule has 84 valence electrons. The Morgan fingerprint density at radius 1 is 1.50 bits per heavy atom. The van der Waals surface area contributed by atoms with Crippen LogP contribution in [0.5, 0.6) is 0 Å². The molecule has 0 aliphatic heterocycles. The van der Waals surface area contributed by atoms with Gasteiger partial charge in [0, 0.05) is 17.1 Å². The van der Waals surface area contributed by atoms with E-state index in [1.165, 1.54) is 0 Å². The molecule has 2 unspecified atom stereocenters. The van der Waals surface area contributed by atoms with E-state index in [4.69, 9.17) is 5.26 Å². The van der Waals surface area contributed by atoms with Crippen molar-refractivity contribution in [2.45, 2.75) is 32.4 Å². The molecule has 0 saturated heterocycles. The topological polar surface area (TPSA) is 56.0 Å². The van der Waals surface area contributed by atoms with E-state index in [0.717, 1.165) is 12.1 Å². The summed E-state index contributed by atoms with van der Waals surface area (Å²) in [7, 11) is 0. The van der Waals surface area contributed by atoms with Crippen LogP contribution in [-0.4, -0.2) is 17.3 Å². The van der Waals surface area contributed by atoms with E-state index in [0.29, 0.717) is 5.56 Å². The molecule has 0 radical (unpaired) electrons. The fourth-order valence-electron chi connectivity index (χ4n) is 2.03. The number of anilines is 1. The van der Waals surface area contributed by atoms with Gasteiger partial charge in [-0.15, -0.1) is 0 Å². The Bertz CT molecular complexity index is 434. The number of nitriles is 1. The Labute approximate surface area is 95.7 Å². The van der Waals surface area contributed by atoms with Crippen molar-refractivity contribution in [3.8, 4) is 6.07 Å². The minimum atomic E-state index is -0.232. The van der Waals surface area contributed by atoms with Crippen LogP contribution in [0, 0.1) is 16.7 Å². The summed E-state index contributed by atoms with van der Waals surface area (Å²) in [5.41, 5.74) is 1.51. The summed E-state index contributed by atoms with van der Waals surface area (Å²) in [6.45, 7) is 4.10. The number of nitrogens with one attached hydrogen (secondary N) is 1. The van der Waals surface area contributed by atoms with Crippen molar-refractivity contribution in [3.63, 3.8) is 0 Å². The lowest BCUT2D eigenvalue weighted by Crippen LogP contribution is -2.56. The van der Waals surface area contributed by atoms with Crippen LogP contribution in [0.1, 0.15) is 25.8 Å². The molecule has 0 amide bonds. The number of aliphatic hydroxyl groups is 1. The largest absolute Gasteiger partial charge is 0.392 e. The molecule has 0 aromatic heterocycles. The lowest BCUT2D eigenvalue weighted by molar-refractivity contribution is -0.0510. The third-order valence-electron chi connectivity index (χ3n) is 3.55. The highest BCUT2D eigenvalue weighted by molar-refractivity contribution is 5.50. The van der Waals surface area contributed by atoms with Gasteiger partial charge in [-0.1, -0.05) is 19.9 Å². The van der Waals surface area contributed by atoms with Crippen molar-refractivity contribution in [1.82, 2.24) is 0 Å². The minimum Gasteiger partial charge on any atom is -0.392 e. The number of aliphatic hydroxyl groups excluding tert-OH is 1. The summed E-state index contributed by atoms with van der Waals surface area (Å²) in [5.74, 6) is 0. The van der Waals surface area contributed by atoms with Gasteiger partial charge in [0.2, 0.25) is 0 Å². The molecule has 3 heteroatoms. The van der Waals surface area contributed by atoms with Gasteiger partial charge in [0.15, 0.2) is 0 Å². The number of benzene rings is 1. The van der Waals surface area contributed by atoms with Crippen LogP contribution in [0.3, 0.4) is 0 Å². The van der Waals surface area contributed by atoms with Crippen LogP contribution in [0.25, 0.3) is 0 Å². The zero-order valence-electron chi connectivity index (χ0n) is 9.57. The predicted molar refractivity (Wildman–Crippen MR) is 63.0 cm³/mol. The highest BCUT2D eigenvalue weighted by atomic mass is 16.3. The molecule has 0 bridgehead atoms.